The van der Waals surface area contributed by atoms with Crippen LogP contribution < -0.4 is 0 Å². The molecule has 0 N–H and O–H groups in total. The Morgan fingerprint density at radius 2 is 1.76 bits per heavy atom. The van der Waals surface area contributed by atoms with Crippen molar-refractivity contribution in [1.82, 2.24) is 4.90 Å². The van der Waals surface area contributed by atoms with E-state index >= 15 is 0 Å². The van der Waals surface area contributed by atoms with Crippen molar-refractivity contribution in [2.75, 3.05) is 13.2 Å². The molecule has 1 aliphatic rings. The molecule has 0 radical (unpaired) electrons. The Morgan fingerprint density at radius 3 is 2.44 bits per heavy atom. The number of rotatable bonds is 3. The van der Waals surface area contributed by atoms with Gasteiger partial charge in [-0.2, -0.15) is 0 Å². The van der Waals surface area contributed by atoms with Gasteiger partial charge in [0.05, 0.1) is 0 Å². The van der Waals surface area contributed by atoms with Crippen molar-refractivity contribution >= 4 is 5.91 Å². The van der Waals surface area contributed by atoms with E-state index in [9.17, 15) is 9.18 Å². The van der Waals surface area contributed by atoms with Gasteiger partial charge in [0.15, 0.2) is 0 Å². The molecule has 1 heterocycles. The number of benzene rings is 2. The van der Waals surface area contributed by atoms with Gasteiger partial charge in [-0.3, -0.25) is 4.79 Å². The number of carbonyl (C=O) groups is 1. The molecule has 0 atom stereocenters. The quantitative estimate of drug-likeness (QED) is 0.804. The van der Waals surface area contributed by atoms with Crippen LogP contribution in [0.1, 0.15) is 24.0 Å². The van der Waals surface area contributed by atoms with Gasteiger partial charge < -0.3 is 9.64 Å². The second kappa shape index (κ2) is 8.46. The van der Waals surface area contributed by atoms with Crippen LogP contribution in [0, 0.1) is 17.7 Å². The first-order valence-electron chi connectivity index (χ1n) is 8.42. The first-order valence-corrected chi connectivity index (χ1v) is 8.42. The summed E-state index contributed by atoms with van der Waals surface area (Å²) in [5.41, 5.74) is 1.70. The maximum absolute atomic E-state index is 13.1. The SMILES string of the molecule is O=C(C#Cc1ccccc1)N(Cc1ccc(F)cc1)C1CCOCC1. The summed E-state index contributed by atoms with van der Waals surface area (Å²) >= 11 is 0. The number of hydrogen-bond acceptors (Lipinski definition) is 2. The van der Waals surface area contributed by atoms with Crippen LogP contribution >= 0.6 is 0 Å². The molecular formula is C21H20FNO2. The number of carbonyl (C=O) groups excluding carboxylic acids is 1. The molecule has 0 bridgehead atoms. The van der Waals surface area contributed by atoms with Gasteiger partial charge in [0.2, 0.25) is 0 Å². The van der Waals surface area contributed by atoms with Crippen LogP contribution in [0.3, 0.4) is 0 Å². The molecule has 0 saturated carbocycles. The third-order valence-electron chi connectivity index (χ3n) is 4.25. The number of hydrogen-bond donors (Lipinski definition) is 0. The van der Waals surface area contributed by atoms with E-state index in [1.165, 1.54) is 12.1 Å². The molecule has 4 heteroatoms. The minimum absolute atomic E-state index is 0.0939. The summed E-state index contributed by atoms with van der Waals surface area (Å²) < 4.78 is 18.5. The summed E-state index contributed by atoms with van der Waals surface area (Å²) in [5, 5.41) is 0. The van der Waals surface area contributed by atoms with Crippen molar-refractivity contribution in [2.45, 2.75) is 25.4 Å². The van der Waals surface area contributed by atoms with Crippen molar-refractivity contribution < 1.29 is 13.9 Å². The van der Waals surface area contributed by atoms with E-state index < -0.39 is 0 Å². The van der Waals surface area contributed by atoms with Gasteiger partial charge in [0, 0.05) is 37.3 Å². The number of nitrogens with zero attached hydrogens (tertiary/aromatic N) is 1. The molecule has 0 aliphatic carbocycles. The number of amides is 1. The number of halogens is 1. The Balaban J connectivity index is 1.78. The van der Waals surface area contributed by atoms with Gasteiger partial charge in [0.1, 0.15) is 5.82 Å². The lowest BCUT2D eigenvalue weighted by molar-refractivity contribution is -0.129. The highest BCUT2D eigenvalue weighted by Gasteiger charge is 2.25. The molecule has 1 amide bonds. The molecule has 0 unspecified atom stereocenters. The minimum atomic E-state index is -0.281. The third-order valence-corrected chi connectivity index (χ3v) is 4.25. The van der Waals surface area contributed by atoms with Crippen LogP contribution in [-0.4, -0.2) is 30.1 Å². The molecule has 3 nitrogen and oxygen atoms in total. The highest BCUT2D eigenvalue weighted by Crippen LogP contribution is 2.18. The second-order valence-corrected chi connectivity index (χ2v) is 6.02. The summed E-state index contributed by atoms with van der Waals surface area (Å²) in [4.78, 5) is 14.5. The summed E-state index contributed by atoms with van der Waals surface area (Å²) in [7, 11) is 0. The Labute approximate surface area is 147 Å². The zero-order valence-corrected chi connectivity index (χ0v) is 14.0. The van der Waals surface area contributed by atoms with Crippen molar-refractivity contribution in [3.8, 4) is 11.8 Å². The Hall–Kier alpha value is -2.64. The second-order valence-electron chi connectivity index (χ2n) is 6.02. The van der Waals surface area contributed by atoms with Crippen LogP contribution in [0.25, 0.3) is 0 Å². The lowest BCUT2D eigenvalue weighted by Crippen LogP contribution is -2.42. The molecule has 2 aromatic carbocycles. The third kappa shape index (κ3) is 4.91. The van der Waals surface area contributed by atoms with E-state index in [0.29, 0.717) is 19.8 Å². The van der Waals surface area contributed by atoms with Gasteiger partial charge in [-0.1, -0.05) is 36.3 Å². The normalized spacial score (nSPS) is 14.4. The van der Waals surface area contributed by atoms with E-state index in [4.69, 9.17) is 4.74 Å². The summed E-state index contributed by atoms with van der Waals surface area (Å²) in [5.74, 6) is 5.19. The Morgan fingerprint density at radius 1 is 1.08 bits per heavy atom. The molecule has 128 valence electrons. The van der Waals surface area contributed by atoms with Gasteiger partial charge in [-0.25, -0.2) is 4.39 Å². The first-order chi connectivity index (χ1) is 12.2. The summed E-state index contributed by atoms with van der Waals surface area (Å²) in [6.45, 7) is 1.71. The van der Waals surface area contributed by atoms with Crippen molar-refractivity contribution in [2.24, 2.45) is 0 Å². The van der Waals surface area contributed by atoms with Gasteiger partial charge in [-0.05, 0) is 42.7 Å². The van der Waals surface area contributed by atoms with E-state index in [1.807, 2.05) is 30.3 Å². The standard InChI is InChI=1S/C21H20FNO2/c22-19-9-6-18(7-10-19)16-23(20-12-14-25-15-13-20)21(24)11-8-17-4-2-1-3-5-17/h1-7,9-10,20H,12-16H2. The maximum Gasteiger partial charge on any atom is 0.299 e. The summed E-state index contributed by atoms with van der Waals surface area (Å²) in [6, 6.07) is 15.8. The highest BCUT2D eigenvalue weighted by atomic mass is 19.1. The average Bonchev–Trinajstić information content (AvgIpc) is 2.67. The Kier molecular flexibility index (Phi) is 5.81. The fourth-order valence-electron chi connectivity index (χ4n) is 2.87. The van der Waals surface area contributed by atoms with Crippen LogP contribution in [-0.2, 0) is 16.1 Å². The Bertz CT molecular complexity index is 756. The molecule has 3 rings (SSSR count). The van der Waals surface area contributed by atoms with E-state index in [2.05, 4.69) is 11.8 Å². The molecule has 25 heavy (non-hydrogen) atoms. The van der Waals surface area contributed by atoms with Gasteiger partial charge >= 0.3 is 0 Å². The highest BCUT2D eigenvalue weighted by molar-refractivity contribution is 5.94. The lowest BCUT2D eigenvalue weighted by atomic mass is 10.1. The van der Waals surface area contributed by atoms with Gasteiger partial charge in [0.25, 0.3) is 5.91 Å². The first kappa shape index (κ1) is 17.2. The van der Waals surface area contributed by atoms with Crippen LogP contribution in [0.15, 0.2) is 54.6 Å². The topological polar surface area (TPSA) is 29.5 Å². The van der Waals surface area contributed by atoms with Gasteiger partial charge in [-0.15, -0.1) is 0 Å². The zero-order valence-electron chi connectivity index (χ0n) is 14.0. The molecule has 2 aromatic rings. The fourth-order valence-corrected chi connectivity index (χ4v) is 2.87. The number of ether oxygens (including phenoxy) is 1. The molecule has 0 aromatic heterocycles. The van der Waals surface area contributed by atoms with E-state index in [-0.39, 0.29) is 17.8 Å². The largest absolute Gasteiger partial charge is 0.381 e. The molecule has 1 fully saturated rings. The van der Waals surface area contributed by atoms with Crippen molar-refractivity contribution in [1.29, 1.82) is 0 Å². The van der Waals surface area contributed by atoms with E-state index in [1.54, 1.807) is 17.0 Å². The lowest BCUT2D eigenvalue weighted by Gasteiger charge is -2.33. The maximum atomic E-state index is 13.1. The van der Waals surface area contributed by atoms with Crippen LogP contribution in [0.5, 0.6) is 0 Å². The summed E-state index contributed by atoms with van der Waals surface area (Å²) in [6.07, 6.45) is 1.58. The predicted octanol–water partition coefficient (Wildman–Crippen LogP) is 3.39. The fraction of sp³-hybridized carbons (Fsp3) is 0.286. The zero-order chi connectivity index (χ0) is 17.5. The molecular weight excluding hydrogens is 317 g/mol. The monoisotopic (exact) mass is 337 g/mol. The smallest absolute Gasteiger partial charge is 0.299 e. The van der Waals surface area contributed by atoms with Crippen LogP contribution in [0.2, 0.25) is 0 Å². The minimum Gasteiger partial charge on any atom is -0.381 e. The average molecular weight is 337 g/mol. The van der Waals surface area contributed by atoms with Crippen molar-refractivity contribution in [3.05, 3.63) is 71.5 Å². The molecule has 1 saturated heterocycles. The van der Waals surface area contributed by atoms with Crippen molar-refractivity contribution in [3.63, 3.8) is 0 Å². The van der Waals surface area contributed by atoms with E-state index in [0.717, 1.165) is 24.0 Å². The predicted molar refractivity (Wildman–Crippen MR) is 94.1 cm³/mol. The van der Waals surface area contributed by atoms with Crippen LogP contribution in [0.4, 0.5) is 4.39 Å². The molecule has 1 aliphatic heterocycles. The molecule has 0 spiro atoms.